The molecule has 2 aromatic rings. The molecule has 1 aliphatic rings. The van der Waals surface area contributed by atoms with Crippen LogP contribution in [0.3, 0.4) is 0 Å². The molecule has 1 atom stereocenters. The fourth-order valence-electron chi connectivity index (χ4n) is 3.41. The minimum Gasteiger partial charge on any atom is -0.357 e. The first-order valence-electron chi connectivity index (χ1n) is 9.81. The maximum atomic E-state index is 12.4. The number of rotatable bonds is 7. The molecule has 1 aromatic carbocycles. The average Bonchev–Trinajstić information content (AvgIpc) is 3.21. The number of aromatic nitrogens is 1. The number of carbonyl (C=O) groups is 2. The van der Waals surface area contributed by atoms with Crippen LogP contribution in [0.25, 0.3) is 0 Å². The predicted molar refractivity (Wildman–Crippen MR) is 110 cm³/mol. The Morgan fingerprint density at radius 2 is 1.82 bits per heavy atom. The Bertz CT molecular complexity index is 796. The first kappa shape index (κ1) is 19.9. The molecule has 1 fully saturated rings. The van der Waals surface area contributed by atoms with Gasteiger partial charge in [0.25, 0.3) is 0 Å². The molecule has 2 heterocycles. The first-order valence-corrected chi connectivity index (χ1v) is 9.81. The smallest absolute Gasteiger partial charge is 0.222 e. The molecule has 0 aliphatic carbocycles. The second-order valence-corrected chi connectivity index (χ2v) is 7.36. The van der Waals surface area contributed by atoms with E-state index in [1.54, 1.807) is 0 Å². The van der Waals surface area contributed by atoms with Crippen molar-refractivity contribution >= 4 is 17.6 Å². The Morgan fingerprint density at radius 1 is 1.11 bits per heavy atom. The van der Waals surface area contributed by atoms with Gasteiger partial charge in [0.15, 0.2) is 0 Å². The lowest BCUT2D eigenvalue weighted by molar-refractivity contribution is -0.122. The van der Waals surface area contributed by atoms with Crippen LogP contribution in [-0.4, -0.2) is 29.9 Å². The molecule has 1 aliphatic heterocycles. The summed E-state index contributed by atoms with van der Waals surface area (Å²) in [5, 5.41) is 5.79. The molecule has 0 saturated carbocycles. The van der Waals surface area contributed by atoms with E-state index in [9.17, 15) is 9.59 Å². The number of aryl methyl sites for hydroxylation is 1. The van der Waals surface area contributed by atoms with Crippen molar-refractivity contribution in [2.45, 2.75) is 45.7 Å². The van der Waals surface area contributed by atoms with E-state index in [2.05, 4.69) is 20.5 Å². The lowest BCUT2D eigenvalue weighted by Crippen LogP contribution is -2.32. The van der Waals surface area contributed by atoms with Gasteiger partial charge in [0.05, 0.1) is 12.5 Å². The largest absolute Gasteiger partial charge is 0.357 e. The van der Waals surface area contributed by atoms with Crippen LogP contribution in [0.1, 0.15) is 48.9 Å². The van der Waals surface area contributed by atoms with Crippen LogP contribution in [0, 0.1) is 6.92 Å². The van der Waals surface area contributed by atoms with Crippen molar-refractivity contribution in [3.63, 3.8) is 0 Å². The van der Waals surface area contributed by atoms with Gasteiger partial charge in [-0.1, -0.05) is 35.9 Å². The van der Waals surface area contributed by atoms with Crippen molar-refractivity contribution in [3.8, 4) is 0 Å². The molecular weight excluding hydrogens is 352 g/mol. The summed E-state index contributed by atoms with van der Waals surface area (Å²) in [6.07, 6.45) is 4.45. The van der Waals surface area contributed by atoms with E-state index in [1.807, 2.05) is 49.5 Å². The van der Waals surface area contributed by atoms with Gasteiger partial charge in [0.2, 0.25) is 11.8 Å². The number of hydrogen-bond acceptors (Lipinski definition) is 4. The molecule has 3 rings (SSSR count). The zero-order valence-electron chi connectivity index (χ0n) is 16.6. The number of nitrogens with one attached hydrogen (secondary N) is 2. The quantitative estimate of drug-likeness (QED) is 0.775. The molecule has 1 aromatic heterocycles. The summed E-state index contributed by atoms with van der Waals surface area (Å²) >= 11 is 0. The number of amides is 2. The highest BCUT2D eigenvalue weighted by Crippen LogP contribution is 2.19. The van der Waals surface area contributed by atoms with Crippen LogP contribution in [0.15, 0.2) is 42.6 Å². The molecule has 0 bridgehead atoms. The van der Waals surface area contributed by atoms with E-state index >= 15 is 0 Å². The SMILES string of the molecule is CC(=O)NC(CC(=O)NCc1ccc(N2CCCC2)nc1)c1ccc(C)cc1. The van der Waals surface area contributed by atoms with Crippen LogP contribution in [0.4, 0.5) is 5.82 Å². The van der Waals surface area contributed by atoms with E-state index in [1.165, 1.54) is 19.8 Å². The molecule has 28 heavy (non-hydrogen) atoms. The molecule has 2 amide bonds. The fraction of sp³-hybridized carbons (Fsp3) is 0.409. The number of nitrogens with zero attached hydrogens (tertiary/aromatic N) is 2. The van der Waals surface area contributed by atoms with E-state index < -0.39 is 0 Å². The highest BCUT2D eigenvalue weighted by atomic mass is 16.2. The van der Waals surface area contributed by atoms with E-state index in [0.29, 0.717) is 6.54 Å². The van der Waals surface area contributed by atoms with Gasteiger partial charge in [-0.05, 0) is 37.0 Å². The standard InChI is InChI=1S/C22H28N4O2/c1-16-5-8-19(9-6-16)20(25-17(2)27)13-22(28)24-15-18-7-10-21(23-14-18)26-11-3-4-12-26/h5-10,14,20H,3-4,11-13,15H2,1-2H3,(H,24,28)(H,25,27). The van der Waals surface area contributed by atoms with Crippen molar-refractivity contribution < 1.29 is 9.59 Å². The van der Waals surface area contributed by atoms with E-state index in [-0.39, 0.29) is 24.3 Å². The van der Waals surface area contributed by atoms with E-state index in [0.717, 1.165) is 35.6 Å². The van der Waals surface area contributed by atoms with Crippen molar-refractivity contribution in [3.05, 3.63) is 59.3 Å². The minimum atomic E-state index is -0.339. The van der Waals surface area contributed by atoms with E-state index in [4.69, 9.17) is 0 Å². The third kappa shape index (κ3) is 5.55. The van der Waals surface area contributed by atoms with Crippen LogP contribution in [0.2, 0.25) is 0 Å². The van der Waals surface area contributed by atoms with Gasteiger partial charge in [-0.25, -0.2) is 4.98 Å². The van der Waals surface area contributed by atoms with Gasteiger partial charge in [-0.2, -0.15) is 0 Å². The monoisotopic (exact) mass is 380 g/mol. The summed E-state index contributed by atoms with van der Waals surface area (Å²) in [4.78, 5) is 30.8. The average molecular weight is 380 g/mol. The summed E-state index contributed by atoms with van der Waals surface area (Å²) in [6, 6.07) is 11.5. The highest BCUT2D eigenvalue weighted by molar-refractivity contribution is 5.79. The van der Waals surface area contributed by atoms with Crippen molar-refractivity contribution in [1.29, 1.82) is 0 Å². The summed E-state index contributed by atoms with van der Waals surface area (Å²) in [6.45, 7) is 6.02. The molecule has 0 spiro atoms. The molecule has 0 radical (unpaired) electrons. The Hall–Kier alpha value is -2.89. The zero-order chi connectivity index (χ0) is 19.9. The predicted octanol–water partition coefficient (Wildman–Crippen LogP) is 2.87. The van der Waals surface area contributed by atoms with Crippen LogP contribution in [-0.2, 0) is 16.1 Å². The number of benzene rings is 1. The van der Waals surface area contributed by atoms with Crippen molar-refractivity contribution in [1.82, 2.24) is 15.6 Å². The molecule has 1 unspecified atom stereocenters. The Kier molecular flexibility index (Phi) is 6.63. The molecule has 6 nitrogen and oxygen atoms in total. The minimum absolute atomic E-state index is 0.108. The number of anilines is 1. The van der Waals surface area contributed by atoms with Gasteiger partial charge in [-0.3, -0.25) is 9.59 Å². The maximum absolute atomic E-state index is 12.4. The van der Waals surface area contributed by atoms with Gasteiger partial charge >= 0.3 is 0 Å². The Labute approximate surface area is 166 Å². The molecule has 6 heteroatoms. The molecule has 2 N–H and O–H groups in total. The van der Waals surface area contributed by atoms with Gasteiger partial charge in [-0.15, -0.1) is 0 Å². The lowest BCUT2D eigenvalue weighted by Gasteiger charge is -2.19. The summed E-state index contributed by atoms with van der Waals surface area (Å²) in [5.74, 6) is 0.737. The molecular formula is C22H28N4O2. The lowest BCUT2D eigenvalue weighted by atomic mass is 10.0. The maximum Gasteiger partial charge on any atom is 0.222 e. The normalized spacial score (nSPS) is 14.6. The Morgan fingerprint density at radius 3 is 2.43 bits per heavy atom. The second-order valence-electron chi connectivity index (χ2n) is 7.36. The number of carbonyl (C=O) groups excluding carboxylic acids is 2. The third-order valence-corrected chi connectivity index (χ3v) is 4.98. The number of pyridine rings is 1. The first-order chi connectivity index (χ1) is 13.5. The van der Waals surface area contributed by atoms with Crippen LogP contribution in [0.5, 0.6) is 0 Å². The van der Waals surface area contributed by atoms with Crippen molar-refractivity contribution in [2.24, 2.45) is 0 Å². The van der Waals surface area contributed by atoms with Gasteiger partial charge < -0.3 is 15.5 Å². The molecule has 1 saturated heterocycles. The highest BCUT2D eigenvalue weighted by Gasteiger charge is 2.17. The third-order valence-electron chi connectivity index (χ3n) is 4.98. The van der Waals surface area contributed by atoms with Gasteiger partial charge in [0.1, 0.15) is 5.82 Å². The van der Waals surface area contributed by atoms with Gasteiger partial charge in [0, 0.05) is 32.8 Å². The summed E-state index contributed by atoms with van der Waals surface area (Å²) in [5.41, 5.74) is 3.02. The molecule has 148 valence electrons. The topological polar surface area (TPSA) is 74.3 Å². The summed E-state index contributed by atoms with van der Waals surface area (Å²) < 4.78 is 0. The Balaban J connectivity index is 1.55. The van der Waals surface area contributed by atoms with Crippen LogP contribution >= 0.6 is 0 Å². The fourth-order valence-corrected chi connectivity index (χ4v) is 3.41. The zero-order valence-corrected chi connectivity index (χ0v) is 16.6. The second kappa shape index (κ2) is 9.35. The van der Waals surface area contributed by atoms with Crippen LogP contribution < -0.4 is 15.5 Å². The summed E-state index contributed by atoms with van der Waals surface area (Å²) in [7, 11) is 0. The number of hydrogen-bond donors (Lipinski definition) is 2. The van der Waals surface area contributed by atoms with Crippen molar-refractivity contribution in [2.75, 3.05) is 18.0 Å².